The molecule has 0 aliphatic rings. The Morgan fingerprint density at radius 1 is 1.00 bits per heavy atom. The quantitative estimate of drug-likeness (QED) is 0.345. The molecule has 0 saturated heterocycles. The maximum Gasteiger partial charge on any atom is 0.128 e. The van der Waals surface area contributed by atoms with Gasteiger partial charge in [-0.1, -0.05) is 24.3 Å². The lowest BCUT2D eigenvalue weighted by atomic mass is 9.94. The number of aliphatic hydroxyl groups excluding tert-OH is 1. The van der Waals surface area contributed by atoms with Crippen LogP contribution < -0.4 is 10.1 Å². The molecular formula is C23H28ClN3O2. The lowest BCUT2D eigenvalue weighted by molar-refractivity contribution is 0.0996. The molecular weight excluding hydrogens is 386 g/mol. The van der Waals surface area contributed by atoms with Crippen LogP contribution in [0.4, 0.5) is 0 Å². The van der Waals surface area contributed by atoms with Gasteiger partial charge in [-0.05, 0) is 50.1 Å². The van der Waals surface area contributed by atoms with E-state index in [1.54, 1.807) is 0 Å². The fourth-order valence-electron chi connectivity index (χ4n) is 3.64. The predicted octanol–water partition coefficient (Wildman–Crippen LogP) is 4.42. The molecule has 1 unspecified atom stereocenters. The molecule has 5 nitrogen and oxygen atoms in total. The molecule has 154 valence electrons. The van der Waals surface area contributed by atoms with Gasteiger partial charge in [0.1, 0.15) is 18.5 Å². The van der Waals surface area contributed by atoms with E-state index >= 15 is 0 Å². The number of β-amino-alcohol motifs (C(OH)–C–C–N with tert-alkyl or cyclic N) is 1. The number of H-pyrrole nitrogens is 2. The number of ether oxygens (including phenoxy) is 1. The number of benzene rings is 2. The Kier molecular flexibility index (Phi) is 6.52. The number of rotatable bonds is 8. The number of hydrogen-bond acceptors (Lipinski definition) is 3. The van der Waals surface area contributed by atoms with Crippen LogP contribution in [-0.2, 0) is 6.42 Å². The van der Waals surface area contributed by atoms with Crippen molar-refractivity contribution in [1.82, 2.24) is 15.3 Å². The van der Waals surface area contributed by atoms with Crippen LogP contribution in [0.2, 0.25) is 0 Å². The Bertz CT molecular complexity index is 1070. The van der Waals surface area contributed by atoms with Crippen LogP contribution in [0.15, 0.2) is 60.9 Å². The van der Waals surface area contributed by atoms with Gasteiger partial charge in [0.15, 0.2) is 0 Å². The zero-order valence-corrected chi connectivity index (χ0v) is 17.6. The molecule has 0 saturated carbocycles. The summed E-state index contributed by atoms with van der Waals surface area (Å²) in [6, 6.07) is 16.2. The molecule has 0 spiro atoms. The van der Waals surface area contributed by atoms with Crippen molar-refractivity contribution < 1.29 is 9.84 Å². The Morgan fingerprint density at radius 3 is 2.62 bits per heavy atom. The normalized spacial score (nSPS) is 12.8. The first kappa shape index (κ1) is 21.2. The molecule has 0 aliphatic carbocycles. The van der Waals surface area contributed by atoms with E-state index in [2.05, 4.69) is 53.5 Å². The predicted molar refractivity (Wildman–Crippen MR) is 121 cm³/mol. The van der Waals surface area contributed by atoms with Crippen molar-refractivity contribution in [1.29, 1.82) is 0 Å². The third-order valence-corrected chi connectivity index (χ3v) is 5.11. The summed E-state index contributed by atoms with van der Waals surface area (Å²) in [4.78, 5) is 6.50. The van der Waals surface area contributed by atoms with Crippen molar-refractivity contribution in [2.75, 3.05) is 13.2 Å². The highest BCUT2D eigenvalue weighted by Crippen LogP contribution is 2.25. The fourth-order valence-corrected chi connectivity index (χ4v) is 3.64. The highest BCUT2D eigenvalue weighted by atomic mass is 35.5. The number of aromatic nitrogens is 2. The van der Waals surface area contributed by atoms with E-state index in [0.717, 1.165) is 28.6 Å². The zero-order valence-electron chi connectivity index (χ0n) is 16.7. The van der Waals surface area contributed by atoms with Crippen LogP contribution in [0.25, 0.3) is 21.8 Å². The van der Waals surface area contributed by atoms with Gasteiger partial charge >= 0.3 is 0 Å². The van der Waals surface area contributed by atoms with Gasteiger partial charge in [-0.2, -0.15) is 0 Å². The summed E-state index contributed by atoms with van der Waals surface area (Å²) in [5, 5.41) is 16.2. The van der Waals surface area contributed by atoms with Gasteiger partial charge in [0.2, 0.25) is 0 Å². The first-order valence-corrected chi connectivity index (χ1v) is 9.69. The number of hydrogen-bond donors (Lipinski definition) is 4. The van der Waals surface area contributed by atoms with E-state index in [0.29, 0.717) is 6.54 Å². The molecule has 6 heteroatoms. The summed E-state index contributed by atoms with van der Waals surface area (Å²) in [5.74, 6) is 0.788. The van der Waals surface area contributed by atoms with Gasteiger partial charge < -0.3 is 25.1 Å². The maximum absolute atomic E-state index is 10.4. The standard InChI is InChI=1S/C23H27N3O2.ClH/c1-23(2,12-16-13-25-20-7-4-3-6-18(16)20)26-14-17(27)15-28-22-9-5-8-21-19(22)10-11-24-21;/h3-11,13,17,24-27H,12,14-15H2,1-2H3;1H. The smallest absolute Gasteiger partial charge is 0.128 e. The van der Waals surface area contributed by atoms with Crippen molar-refractivity contribution in [3.8, 4) is 5.75 Å². The summed E-state index contributed by atoms with van der Waals surface area (Å²) in [7, 11) is 0. The molecule has 2 aromatic carbocycles. The van der Waals surface area contributed by atoms with E-state index in [4.69, 9.17) is 4.74 Å². The van der Waals surface area contributed by atoms with Gasteiger partial charge in [-0.25, -0.2) is 0 Å². The highest BCUT2D eigenvalue weighted by Gasteiger charge is 2.21. The molecule has 2 heterocycles. The minimum absolute atomic E-state index is 0. The molecule has 0 bridgehead atoms. The number of halogens is 1. The number of fused-ring (bicyclic) bond motifs is 2. The second-order valence-electron chi connectivity index (χ2n) is 7.96. The number of nitrogens with one attached hydrogen (secondary N) is 3. The van der Waals surface area contributed by atoms with E-state index in [1.807, 2.05) is 36.5 Å². The summed E-state index contributed by atoms with van der Waals surface area (Å²) in [5.41, 5.74) is 3.32. The molecule has 0 amide bonds. The van der Waals surface area contributed by atoms with Gasteiger partial charge in [-0.3, -0.25) is 0 Å². The highest BCUT2D eigenvalue weighted by molar-refractivity contribution is 5.86. The number of aromatic amines is 2. The van der Waals surface area contributed by atoms with E-state index in [-0.39, 0.29) is 24.6 Å². The van der Waals surface area contributed by atoms with Crippen LogP contribution in [0.1, 0.15) is 19.4 Å². The minimum Gasteiger partial charge on any atom is -0.490 e. The molecule has 0 radical (unpaired) electrons. The van der Waals surface area contributed by atoms with Crippen molar-refractivity contribution in [2.24, 2.45) is 0 Å². The Labute approximate surface area is 176 Å². The number of aliphatic hydroxyl groups is 1. The van der Waals surface area contributed by atoms with Crippen LogP contribution in [0.3, 0.4) is 0 Å². The summed E-state index contributed by atoms with van der Waals surface area (Å²) in [6.07, 6.45) is 4.25. The van der Waals surface area contributed by atoms with Gasteiger partial charge in [0.25, 0.3) is 0 Å². The second kappa shape index (κ2) is 8.91. The van der Waals surface area contributed by atoms with Gasteiger partial charge in [0, 0.05) is 46.3 Å². The van der Waals surface area contributed by atoms with Crippen LogP contribution >= 0.6 is 12.4 Å². The molecule has 29 heavy (non-hydrogen) atoms. The van der Waals surface area contributed by atoms with Crippen LogP contribution in [0, 0.1) is 0 Å². The SMILES string of the molecule is CC(C)(Cc1c[nH]c2ccccc12)NCC(O)COc1cccc2[nH]ccc12.Cl. The van der Waals surface area contributed by atoms with Crippen molar-refractivity contribution in [3.63, 3.8) is 0 Å². The lowest BCUT2D eigenvalue weighted by Crippen LogP contribution is -2.46. The third kappa shape index (κ3) is 4.93. The first-order chi connectivity index (χ1) is 13.5. The average Bonchev–Trinajstić information content (AvgIpc) is 3.32. The van der Waals surface area contributed by atoms with Gasteiger partial charge in [0.05, 0.1) is 0 Å². The summed E-state index contributed by atoms with van der Waals surface area (Å²) < 4.78 is 5.85. The largest absolute Gasteiger partial charge is 0.490 e. The molecule has 0 fully saturated rings. The van der Waals surface area contributed by atoms with Crippen molar-refractivity contribution in [2.45, 2.75) is 31.9 Å². The van der Waals surface area contributed by atoms with Crippen molar-refractivity contribution in [3.05, 3.63) is 66.5 Å². The molecule has 0 aliphatic heterocycles. The van der Waals surface area contributed by atoms with E-state index in [9.17, 15) is 5.11 Å². The van der Waals surface area contributed by atoms with Crippen LogP contribution in [0.5, 0.6) is 5.75 Å². The topological polar surface area (TPSA) is 73.1 Å². The van der Waals surface area contributed by atoms with Gasteiger partial charge in [-0.15, -0.1) is 12.4 Å². The average molecular weight is 414 g/mol. The molecule has 2 aromatic heterocycles. The monoisotopic (exact) mass is 413 g/mol. The Hall–Kier alpha value is -2.47. The minimum atomic E-state index is -0.587. The summed E-state index contributed by atoms with van der Waals surface area (Å²) >= 11 is 0. The third-order valence-electron chi connectivity index (χ3n) is 5.11. The maximum atomic E-state index is 10.4. The molecule has 4 aromatic rings. The van der Waals surface area contributed by atoms with E-state index < -0.39 is 6.10 Å². The number of para-hydroxylation sites is 1. The fraction of sp³-hybridized carbons (Fsp3) is 0.304. The molecule has 4 N–H and O–H groups in total. The molecule has 1 atom stereocenters. The lowest BCUT2D eigenvalue weighted by Gasteiger charge is -2.28. The first-order valence-electron chi connectivity index (χ1n) is 9.69. The molecule has 4 rings (SSSR count). The Balaban J connectivity index is 0.00000240. The zero-order chi connectivity index (χ0) is 19.6. The van der Waals surface area contributed by atoms with E-state index in [1.165, 1.54) is 10.9 Å². The van der Waals surface area contributed by atoms with Crippen molar-refractivity contribution >= 4 is 34.2 Å². The summed E-state index contributed by atoms with van der Waals surface area (Å²) in [6.45, 7) is 5.03. The second-order valence-corrected chi connectivity index (χ2v) is 7.96. The van der Waals surface area contributed by atoms with Crippen LogP contribution in [-0.4, -0.2) is 39.9 Å². The Morgan fingerprint density at radius 2 is 1.76 bits per heavy atom.